The lowest BCUT2D eigenvalue weighted by molar-refractivity contribution is 0.152. The van der Waals surface area contributed by atoms with Gasteiger partial charge in [-0.05, 0) is 20.8 Å². The third-order valence-corrected chi connectivity index (χ3v) is 2.76. The van der Waals surface area contributed by atoms with Gasteiger partial charge in [-0.15, -0.1) is 0 Å². The van der Waals surface area contributed by atoms with Gasteiger partial charge in [-0.3, -0.25) is 5.32 Å². The smallest absolute Gasteiger partial charge is 0.0923 e. The molecule has 72 valence electrons. The molecular formula is C6H15ClN4S. The normalized spacial score (nSPS) is 32.8. The van der Waals surface area contributed by atoms with E-state index in [0.717, 1.165) is 5.75 Å². The molecule has 0 saturated carbocycles. The van der Waals surface area contributed by atoms with Crippen molar-refractivity contribution in [3.63, 3.8) is 0 Å². The Balaban J connectivity index is 2.45. The van der Waals surface area contributed by atoms with Gasteiger partial charge in [0, 0.05) is 23.6 Å². The molecular weight excluding hydrogens is 196 g/mol. The summed E-state index contributed by atoms with van der Waals surface area (Å²) in [6, 6.07) is 0.436. The van der Waals surface area contributed by atoms with Crippen LogP contribution in [0.3, 0.4) is 0 Å². The Morgan fingerprint density at radius 2 is 2.33 bits per heavy atom. The largest absolute Gasteiger partial charge is 0.296 e. The van der Waals surface area contributed by atoms with E-state index in [1.54, 1.807) is 11.9 Å². The lowest BCUT2D eigenvalue weighted by atomic mass is 10.2. The Hall–Kier alpha value is 0.480. The number of rotatable bonds is 2. The van der Waals surface area contributed by atoms with Crippen molar-refractivity contribution >= 4 is 23.7 Å². The lowest BCUT2D eigenvalue weighted by Gasteiger charge is -2.39. The number of hydrogen-bond acceptors (Lipinski definition) is 5. The van der Waals surface area contributed by atoms with Crippen LogP contribution >= 0.6 is 23.7 Å². The molecule has 0 aromatic carbocycles. The first kappa shape index (κ1) is 10.6. The van der Waals surface area contributed by atoms with Crippen LogP contribution in [0.25, 0.3) is 0 Å². The maximum atomic E-state index is 5.73. The van der Waals surface area contributed by atoms with Gasteiger partial charge in [0.25, 0.3) is 0 Å². The Morgan fingerprint density at radius 3 is 2.83 bits per heavy atom. The van der Waals surface area contributed by atoms with Gasteiger partial charge < -0.3 is 0 Å². The van der Waals surface area contributed by atoms with Crippen molar-refractivity contribution in [3.8, 4) is 0 Å². The van der Waals surface area contributed by atoms with E-state index in [1.807, 2.05) is 0 Å². The van der Waals surface area contributed by atoms with Crippen LogP contribution in [0.15, 0.2) is 0 Å². The molecule has 3 N–H and O–H groups in total. The highest BCUT2D eigenvalue weighted by molar-refractivity contribution is 7.97. The second kappa shape index (κ2) is 4.13. The van der Waals surface area contributed by atoms with Crippen molar-refractivity contribution in [1.29, 1.82) is 0 Å². The van der Waals surface area contributed by atoms with E-state index in [0.29, 0.717) is 6.04 Å². The molecule has 4 nitrogen and oxygen atoms in total. The summed E-state index contributed by atoms with van der Waals surface area (Å²) in [5.74, 6) is 0.925. The van der Waals surface area contributed by atoms with Crippen molar-refractivity contribution in [2.24, 2.45) is 0 Å². The van der Waals surface area contributed by atoms with E-state index in [-0.39, 0.29) is 5.66 Å². The molecule has 1 fully saturated rings. The fourth-order valence-electron chi connectivity index (χ4n) is 1.22. The maximum absolute atomic E-state index is 5.73. The van der Waals surface area contributed by atoms with Gasteiger partial charge >= 0.3 is 0 Å². The van der Waals surface area contributed by atoms with Crippen molar-refractivity contribution < 1.29 is 0 Å². The highest BCUT2D eigenvalue weighted by Crippen LogP contribution is 2.15. The molecule has 0 radical (unpaired) electrons. The van der Waals surface area contributed by atoms with E-state index in [9.17, 15) is 0 Å². The van der Waals surface area contributed by atoms with Crippen molar-refractivity contribution in [3.05, 3.63) is 0 Å². The summed E-state index contributed by atoms with van der Waals surface area (Å²) in [5.41, 5.74) is 2.95. The number of hydrazine groups is 2. The average molecular weight is 211 g/mol. The van der Waals surface area contributed by atoms with E-state index < -0.39 is 0 Å². The topological polar surface area (TPSA) is 39.3 Å². The third kappa shape index (κ3) is 3.08. The first-order chi connectivity index (χ1) is 5.52. The molecule has 1 saturated heterocycles. The molecule has 12 heavy (non-hydrogen) atoms. The zero-order chi connectivity index (χ0) is 9.19. The predicted octanol–water partition coefficient (Wildman–Crippen LogP) is 0.827. The van der Waals surface area contributed by atoms with Gasteiger partial charge in [0.1, 0.15) is 0 Å². The molecule has 0 spiro atoms. The fraction of sp³-hybridized carbons (Fsp3) is 1.00. The van der Waals surface area contributed by atoms with E-state index in [4.69, 9.17) is 11.8 Å². The minimum absolute atomic E-state index is 0.133. The summed E-state index contributed by atoms with van der Waals surface area (Å²) < 4.78 is 1.35. The van der Waals surface area contributed by atoms with Crippen molar-refractivity contribution in [2.45, 2.75) is 32.5 Å². The summed E-state index contributed by atoms with van der Waals surface area (Å²) >= 11 is 7.31. The van der Waals surface area contributed by atoms with Gasteiger partial charge in [0.15, 0.2) is 0 Å². The molecule has 0 aromatic heterocycles. The highest BCUT2D eigenvalue weighted by atomic mass is 35.5. The van der Waals surface area contributed by atoms with Crippen LogP contribution in [0.5, 0.6) is 0 Å². The number of nitrogens with zero attached hydrogens (tertiary/aromatic N) is 1. The Kier molecular flexibility index (Phi) is 3.63. The van der Waals surface area contributed by atoms with E-state index in [2.05, 4.69) is 36.3 Å². The zero-order valence-corrected chi connectivity index (χ0v) is 9.09. The van der Waals surface area contributed by atoms with Crippen LogP contribution in [0.1, 0.15) is 20.8 Å². The Bertz CT molecular complexity index is 152. The molecule has 6 heteroatoms. The predicted molar refractivity (Wildman–Crippen MR) is 53.1 cm³/mol. The number of hydrogen-bond donors (Lipinski definition) is 3. The first-order valence-corrected chi connectivity index (χ1v) is 5.23. The first-order valence-electron chi connectivity index (χ1n) is 3.91. The zero-order valence-electron chi connectivity index (χ0n) is 7.52. The molecule has 1 aliphatic rings. The van der Waals surface area contributed by atoms with Crippen LogP contribution in [-0.2, 0) is 0 Å². The van der Waals surface area contributed by atoms with Crippen LogP contribution in [-0.4, -0.2) is 22.1 Å². The Morgan fingerprint density at radius 1 is 1.67 bits per heavy atom. The van der Waals surface area contributed by atoms with Crippen molar-refractivity contribution in [1.82, 2.24) is 20.2 Å². The molecule has 0 amide bonds. The monoisotopic (exact) mass is 210 g/mol. The molecule has 0 aromatic rings. The summed E-state index contributed by atoms with van der Waals surface area (Å²) in [7, 11) is 0. The van der Waals surface area contributed by atoms with Crippen LogP contribution in [0, 0.1) is 0 Å². The molecule has 1 heterocycles. The second-order valence-electron chi connectivity index (χ2n) is 3.40. The molecule has 0 aliphatic carbocycles. The highest BCUT2D eigenvalue weighted by Gasteiger charge is 2.30. The van der Waals surface area contributed by atoms with Gasteiger partial charge in [0.05, 0.1) is 5.66 Å². The van der Waals surface area contributed by atoms with Crippen LogP contribution in [0.2, 0.25) is 0 Å². The number of halogens is 1. The standard InChI is InChI=1S/C6H15ClN4S/c1-5(2)8-6(3)4-12-10-11(7)9-6/h5,8-10H,4H2,1-3H3. The summed E-state index contributed by atoms with van der Waals surface area (Å²) in [5, 5.41) is 3.39. The maximum Gasteiger partial charge on any atom is 0.0923 e. The molecule has 1 atom stereocenters. The molecule has 1 aliphatic heterocycles. The molecule has 1 rings (SSSR count). The van der Waals surface area contributed by atoms with Gasteiger partial charge in [-0.2, -0.15) is 4.83 Å². The summed E-state index contributed by atoms with van der Waals surface area (Å²) in [4.78, 5) is 2.87. The Labute approximate surface area is 82.6 Å². The summed E-state index contributed by atoms with van der Waals surface area (Å²) in [6.45, 7) is 6.30. The van der Waals surface area contributed by atoms with Gasteiger partial charge in [-0.25, -0.2) is 5.43 Å². The quantitative estimate of drug-likeness (QED) is 0.465. The average Bonchev–Trinajstić information content (AvgIpc) is 1.82. The van der Waals surface area contributed by atoms with Gasteiger partial charge in [-0.1, -0.05) is 16.6 Å². The molecule has 0 bridgehead atoms. The van der Waals surface area contributed by atoms with Crippen LogP contribution < -0.4 is 15.6 Å². The van der Waals surface area contributed by atoms with Gasteiger partial charge in [0.2, 0.25) is 0 Å². The summed E-state index contributed by atoms with van der Waals surface area (Å²) in [6.07, 6.45) is 0. The van der Waals surface area contributed by atoms with E-state index >= 15 is 0 Å². The minimum Gasteiger partial charge on any atom is -0.296 e. The third-order valence-electron chi connectivity index (χ3n) is 1.46. The lowest BCUT2D eigenvalue weighted by Crippen LogP contribution is -2.66. The fourth-order valence-corrected chi connectivity index (χ4v) is 2.21. The SMILES string of the molecule is CC(C)NC1(C)CSNN(Cl)N1. The second-order valence-corrected chi connectivity index (χ2v) is 4.50. The van der Waals surface area contributed by atoms with Crippen molar-refractivity contribution in [2.75, 3.05) is 5.75 Å². The minimum atomic E-state index is -0.133. The number of nitrogens with one attached hydrogen (secondary N) is 3. The van der Waals surface area contributed by atoms with Crippen LogP contribution in [0.4, 0.5) is 0 Å². The van der Waals surface area contributed by atoms with E-state index in [1.165, 1.54) is 4.64 Å². The molecule has 1 unspecified atom stereocenters.